The van der Waals surface area contributed by atoms with Gasteiger partial charge in [0.2, 0.25) is 5.91 Å². The number of nitro groups is 1. The summed E-state index contributed by atoms with van der Waals surface area (Å²) >= 11 is 4.83. The van der Waals surface area contributed by atoms with E-state index in [0.29, 0.717) is 0 Å². The maximum absolute atomic E-state index is 12.1. The molecule has 1 amide bonds. The third-order valence-corrected chi connectivity index (χ3v) is 5.17. The van der Waals surface area contributed by atoms with Crippen LogP contribution < -0.4 is 5.32 Å². The Kier molecular flexibility index (Phi) is 6.39. The van der Waals surface area contributed by atoms with Crippen molar-refractivity contribution in [3.63, 3.8) is 0 Å². The second-order valence-electron chi connectivity index (χ2n) is 5.31. The lowest BCUT2D eigenvalue weighted by Crippen LogP contribution is -2.15. The summed E-state index contributed by atoms with van der Waals surface area (Å²) in [5.41, 5.74) is 2.66. The van der Waals surface area contributed by atoms with E-state index in [-0.39, 0.29) is 22.6 Å². The highest BCUT2D eigenvalue weighted by Crippen LogP contribution is 2.30. The van der Waals surface area contributed by atoms with Crippen molar-refractivity contribution in [2.45, 2.75) is 19.1 Å². The average molecular weight is 409 g/mol. The molecule has 2 aromatic carbocycles. The summed E-state index contributed by atoms with van der Waals surface area (Å²) in [6.45, 7) is 3.86. The molecule has 0 bridgehead atoms. The van der Waals surface area contributed by atoms with Gasteiger partial charge < -0.3 is 5.32 Å². The number of rotatable bonds is 6. The highest BCUT2D eigenvalue weighted by Gasteiger charge is 2.13. The van der Waals surface area contributed by atoms with Crippen LogP contribution in [0.2, 0.25) is 0 Å². The second-order valence-corrected chi connectivity index (χ2v) is 7.56. The minimum Gasteiger partial charge on any atom is -0.325 e. The third-order valence-electron chi connectivity index (χ3n) is 3.48. The Morgan fingerprint density at radius 3 is 2.75 bits per heavy atom. The molecule has 0 aliphatic carbocycles. The Hall–Kier alpha value is -1.86. The Morgan fingerprint density at radius 2 is 2.08 bits per heavy atom. The monoisotopic (exact) mass is 408 g/mol. The molecule has 0 fully saturated rings. The lowest BCUT2D eigenvalue weighted by atomic mass is 10.1. The van der Waals surface area contributed by atoms with Crippen LogP contribution in [0.25, 0.3) is 0 Å². The first-order chi connectivity index (χ1) is 11.4. The van der Waals surface area contributed by atoms with Gasteiger partial charge in [-0.1, -0.05) is 28.1 Å². The highest BCUT2D eigenvalue weighted by atomic mass is 79.9. The van der Waals surface area contributed by atoms with E-state index in [1.165, 1.54) is 17.8 Å². The van der Waals surface area contributed by atoms with Crippen molar-refractivity contribution < 1.29 is 9.72 Å². The van der Waals surface area contributed by atoms with E-state index in [4.69, 9.17) is 0 Å². The molecular weight excluding hydrogens is 392 g/mol. The number of amides is 1. The molecule has 0 spiro atoms. The number of nitro benzene ring substituents is 1. The fraction of sp³-hybridized carbons (Fsp3) is 0.235. The van der Waals surface area contributed by atoms with E-state index >= 15 is 0 Å². The molecule has 0 saturated carbocycles. The number of anilines is 1. The molecule has 126 valence electrons. The summed E-state index contributed by atoms with van der Waals surface area (Å²) in [4.78, 5) is 22.5. The first-order valence-electron chi connectivity index (χ1n) is 7.29. The van der Waals surface area contributed by atoms with Crippen LogP contribution in [-0.4, -0.2) is 16.6 Å². The molecule has 0 radical (unpaired) electrons. The Bertz CT molecular complexity index is 767. The number of carbonyl (C=O) groups is 1. The minimum absolute atomic E-state index is 0.0123. The van der Waals surface area contributed by atoms with E-state index in [1.54, 1.807) is 12.1 Å². The van der Waals surface area contributed by atoms with Crippen molar-refractivity contribution >= 4 is 45.0 Å². The van der Waals surface area contributed by atoms with Gasteiger partial charge in [-0.25, -0.2) is 0 Å². The first kappa shape index (κ1) is 18.5. The number of thioether (sulfide) groups is 1. The van der Waals surface area contributed by atoms with Crippen molar-refractivity contribution in [3.8, 4) is 0 Å². The second kappa shape index (κ2) is 8.30. The SMILES string of the molecule is Cc1cc(Br)ccc1NC(=O)CS[C@H](C)c1cccc([N+](=O)[O-])c1. The topological polar surface area (TPSA) is 72.2 Å². The number of halogens is 1. The standard InChI is InChI=1S/C17H17BrN2O3S/c1-11-8-14(18)6-7-16(11)19-17(21)10-24-12(2)13-4-3-5-15(9-13)20(22)23/h3-9,12H,10H2,1-2H3,(H,19,21)/t12-/m1/s1. The predicted molar refractivity (Wildman–Crippen MR) is 101 cm³/mol. The number of non-ortho nitro benzene ring substituents is 1. The molecule has 7 heteroatoms. The summed E-state index contributed by atoms with van der Waals surface area (Å²) in [5.74, 6) is 0.182. The lowest BCUT2D eigenvalue weighted by molar-refractivity contribution is -0.384. The minimum atomic E-state index is -0.413. The van der Waals surface area contributed by atoms with Crippen LogP contribution >= 0.6 is 27.7 Å². The molecule has 0 aliphatic rings. The molecule has 1 atom stereocenters. The van der Waals surface area contributed by atoms with Crippen molar-refractivity contribution in [1.82, 2.24) is 0 Å². The summed E-state index contributed by atoms with van der Waals surface area (Å²) in [6, 6.07) is 12.2. The van der Waals surface area contributed by atoms with Crippen molar-refractivity contribution in [2.24, 2.45) is 0 Å². The molecule has 0 unspecified atom stereocenters. The van der Waals surface area contributed by atoms with Crippen LogP contribution in [0, 0.1) is 17.0 Å². The number of hydrogen-bond acceptors (Lipinski definition) is 4. The van der Waals surface area contributed by atoms with Gasteiger partial charge in [-0.2, -0.15) is 0 Å². The van der Waals surface area contributed by atoms with Crippen LogP contribution in [-0.2, 0) is 4.79 Å². The number of nitrogens with zero attached hydrogens (tertiary/aromatic N) is 1. The molecule has 0 heterocycles. The largest absolute Gasteiger partial charge is 0.325 e. The van der Waals surface area contributed by atoms with E-state index in [2.05, 4.69) is 21.2 Å². The molecule has 0 aliphatic heterocycles. The van der Waals surface area contributed by atoms with Gasteiger partial charge in [0.25, 0.3) is 5.69 Å². The molecule has 2 aromatic rings. The number of benzene rings is 2. The normalized spacial score (nSPS) is 11.8. The maximum Gasteiger partial charge on any atom is 0.269 e. The zero-order valence-electron chi connectivity index (χ0n) is 13.3. The summed E-state index contributed by atoms with van der Waals surface area (Å²) in [5, 5.41) is 13.7. The number of carbonyl (C=O) groups excluding carboxylic acids is 1. The zero-order valence-corrected chi connectivity index (χ0v) is 15.7. The van der Waals surface area contributed by atoms with Crippen LogP contribution in [0.1, 0.15) is 23.3 Å². The van der Waals surface area contributed by atoms with Crippen LogP contribution in [0.15, 0.2) is 46.9 Å². The molecule has 2 rings (SSSR count). The lowest BCUT2D eigenvalue weighted by Gasteiger charge is -2.12. The van der Waals surface area contributed by atoms with Crippen molar-refractivity contribution in [1.29, 1.82) is 0 Å². The van der Waals surface area contributed by atoms with Gasteiger partial charge in [-0.05, 0) is 43.2 Å². The van der Waals surface area contributed by atoms with Gasteiger partial charge in [0.15, 0.2) is 0 Å². The Labute approximate surface area is 153 Å². The number of hydrogen-bond donors (Lipinski definition) is 1. The Balaban J connectivity index is 1.93. The maximum atomic E-state index is 12.1. The van der Waals surface area contributed by atoms with Gasteiger partial charge in [0.05, 0.1) is 10.7 Å². The molecule has 5 nitrogen and oxygen atoms in total. The van der Waals surface area contributed by atoms with E-state index in [1.807, 2.05) is 38.1 Å². The number of nitrogens with one attached hydrogen (secondary N) is 1. The zero-order chi connectivity index (χ0) is 17.7. The van der Waals surface area contributed by atoms with Gasteiger partial charge in [-0.3, -0.25) is 14.9 Å². The summed E-state index contributed by atoms with van der Waals surface area (Å²) < 4.78 is 0.965. The molecule has 24 heavy (non-hydrogen) atoms. The number of aryl methyl sites for hydroxylation is 1. The van der Waals surface area contributed by atoms with E-state index in [9.17, 15) is 14.9 Å². The fourth-order valence-corrected chi connectivity index (χ4v) is 3.43. The smallest absolute Gasteiger partial charge is 0.269 e. The molecular formula is C17H17BrN2O3S. The summed E-state index contributed by atoms with van der Waals surface area (Å²) in [7, 11) is 0. The van der Waals surface area contributed by atoms with Gasteiger partial charge in [-0.15, -0.1) is 11.8 Å². The molecule has 1 N–H and O–H groups in total. The van der Waals surface area contributed by atoms with Gasteiger partial charge in [0.1, 0.15) is 0 Å². The summed E-state index contributed by atoms with van der Waals surface area (Å²) in [6.07, 6.45) is 0. The van der Waals surface area contributed by atoms with E-state index in [0.717, 1.165) is 21.3 Å². The quantitative estimate of drug-likeness (QED) is 0.532. The Morgan fingerprint density at radius 1 is 1.33 bits per heavy atom. The average Bonchev–Trinajstić information content (AvgIpc) is 2.55. The van der Waals surface area contributed by atoms with Crippen LogP contribution in [0.4, 0.5) is 11.4 Å². The highest BCUT2D eigenvalue weighted by molar-refractivity contribution is 9.10. The predicted octanol–water partition coefficient (Wildman–Crippen LogP) is 5.10. The van der Waals surface area contributed by atoms with Crippen LogP contribution in [0.3, 0.4) is 0 Å². The van der Waals surface area contributed by atoms with Gasteiger partial charge in [0, 0.05) is 27.5 Å². The third kappa shape index (κ3) is 5.07. The van der Waals surface area contributed by atoms with Crippen molar-refractivity contribution in [2.75, 3.05) is 11.1 Å². The van der Waals surface area contributed by atoms with Gasteiger partial charge >= 0.3 is 0 Å². The molecule has 0 aromatic heterocycles. The fourth-order valence-electron chi connectivity index (χ4n) is 2.14. The van der Waals surface area contributed by atoms with Crippen LogP contribution in [0.5, 0.6) is 0 Å². The first-order valence-corrected chi connectivity index (χ1v) is 9.13. The molecule has 0 saturated heterocycles. The van der Waals surface area contributed by atoms with Crippen molar-refractivity contribution in [3.05, 3.63) is 68.2 Å². The van der Waals surface area contributed by atoms with E-state index < -0.39 is 4.92 Å².